The zero-order valence-corrected chi connectivity index (χ0v) is 16.4. The van der Waals surface area contributed by atoms with Gasteiger partial charge in [-0.25, -0.2) is 9.97 Å². The third-order valence-electron chi connectivity index (χ3n) is 6.84. The van der Waals surface area contributed by atoms with Gasteiger partial charge in [-0.3, -0.25) is 9.48 Å². The average molecular weight is 386 g/mol. The largest absolute Gasteiger partial charge is 0.390 e. The Bertz CT molecular complexity index is 916. The second kappa shape index (κ2) is 6.38. The number of nitrogens with zero attached hydrogens (tertiary/aromatic N) is 6. The van der Waals surface area contributed by atoms with Gasteiger partial charge < -0.3 is 19.6 Å². The van der Waals surface area contributed by atoms with Crippen molar-refractivity contribution < 1.29 is 14.6 Å². The van der Waals surface area contributed by atoms with E-state index in [9.17, 15) is 9.90 Å². The number of fused-ring (bicyclic) bond motifs is 5. The van der Waals surface area contributed by atoms with Crippen LogP contribution >= 0.6 is 0 Å². The summed E-state index contributed by atoms with van der Waals surface area (Å²) in [5.41, 5.74) is 0.788. The predicted molar refractivity (Wildman–Crippen MR) is 102 cm³/mol. The second-order valence-corrected chi connectivity index (χ2v) is 8.26. The number of carbonyl (C=O) groups excluding carboxylic acids is 1. The fourth-order valence-electron chi connectivity index (χ4n) is 5.25. The molecule has 3 aliphatic heterocycles. The lowest BCUT2D eigenvalue weighted by Crippen LogP contribution is -2.47. The van der Waals surface area contributed by atoms with Crippen LogP contribution in [0.15, 0.2) is 12.5 Å². The first kappa shape index (κ1) is 17.8. The number of amides is 1. The van der Waals surface area contributed by atoms with Gasteiger partial charge in [0, 0.05) is 45.6 Å². The Balaban J connectivity index is 1.45. The summed E-state index contributed by atoms with van der Waals surface area (Å²) in [4.78, 5) is 25.6. The van der Waals surface area contributed by atoms with E-state index in [0.29, 0.717) is 26.1 Å². The molecule has 2 bridgehead atoms. The van der Waals surface area contributed by atoms with Crippen LogP contribution in [0.1, 0.15) is 13.3 Å². The fourth-order valence-corrected chi connectivity index (χ4v) is 5.25. The molecule has 0 spiro atoms. The molecule has 150 valence electrons. The monoisotopic (exact) mass is 386 g/mol. The number of carbonyl (C=O) groups is 1. The van der Waals surface area contributed by atoms with Crippen LogP contribution in [-0.4, -0.2) is 80.7 Å². The number of aliphatic hydroxyl groups excluding tert-OH is 1. The van der Waals surface area contributed by atoms with Gasteiger partial charge in [0.25, 0.3) is 0 Å². The molecule has 9 heteroatoms. The summed E-state index contributed by atoms with van der Waals surface area (Å²) in [6.45, 7) is 4.06. The Hall–Kier alpha value is -2.26. The highest BCUT2D eigenvalue weighted by molar-refractivity contribution is 5.86. The molecule has 0 aromatic carbocycles. The maximum absolute atomic E-state index is 12.9. The number of aryl methyl sites for hydroxylation is 1. The maximum Gasteiger partial charge on any atom is 0.228 e. The lowest BCUT2D eigenvalue weighted by atomic mass is 9.83. The van der Waals surface area contributed by atoms with E-state index in [1.54, 1.807) is 22.1 Å². The van der Waals surface area contributed by atoms with E-state index in [1.807, 2.05) is 21.0 Å². The summed E-state index contributed by atoms with van der Waals surface area (Å²) in [5, 5.41) is 16.1. The Morgan fingerprint density at radius 2 is 2.14 bits per heavy atom. The van der Waals surface area contributed by atoms with Gasteiger partial charge in [-0.2, -0.15) is 5.10 Å². The SMILES string of the molecule is CCN(C)C(=O)C1C[C@@H]2O[C@H]1[C@H]1CN(c3ncnc4c3cnn4C)C[C@H]1[C@@H]2O. The predicted octanol–water partition coefficient (Wildman–Crippen LogP) is 0.0422. The lowest BCUT2D eigenvalue weighted by molar-refractivity contribution is -0.146. The van der Waals surface area contributed by atoms with E-state index < -0.39 is 6.10 Å². The molecule has 1 unspecified atom stereocenters. The van der Waals surface area contributed by atoms with E-state index >= 15 is 0 Å². The normalized spacial score (nSPS) is 34.1. The van der Waals surface area contributed by atoms with Crippen LogP contribution in [-0.2, 0) is 16.6 Å². The molecule has 3 fully saturated rings. The van der Waals surface area contributed by atoms with Crippen molar-refractivity contribution in [3.63, 3.8) is 0 Å². The van der Waals surface area contributed by atoms with Crippen LogP contribution in [0, 0.1) is 17.8 Å². The highest BCUT2D eigenvalue weighted by Crippen LogP contribution is 2.48. The molecule has 2 aromatic rings. The van der Waals surface area contributed by atoms with Crippen molar-refractivity contribution in [1.82, 2.24) is 24.6 Å². The molecule has 28 heavy (non-hydrogen) atoms. The minimum absolute atomic E-state index is 0.0789. The number of rotatable bonds is 3. The van der Waals surface area contributed by atoms with E-state index in [2.05, 4.69) is 20.0 Å². The van der Waals surface area contributed by atoms with Crippen molar-refractivity contribution in [3.05, 3.63) is 12.5 Å². The van der Waals surface area contributed by atoms with Gasteiger partial charge in [-0.1, -0.05) is 0 Å². The van der Waals surface area contributed by atoms with Crippen molar-refractivity contribution in [2.75, 3.05) is 31.6 Å². The fraction of sp³-hybridized carbons (Fsp3) is 0.684. The number of hydrogen-bond acceptors (Lipinski definition) is 7. The molecule has 1 N–H and O–H groups in total. The summed E-state index contributed by atoms with van der Waals surface area (Å²) in [6, 6.07) is 0. The summed E-state index contributed by atoms with van der Waals surface area (Å²) < 4.78 is 7.89. The summed E-state index contributed by atoms with van der Waals surface area (Å²) >= 11 is 0. The first-order valence-corrected chi connectivity index (χ1v) is 9.95. The molecule has 3 saturated heterocycles. The number of anilines is 1. The zero-order chi connectivity index (χ0) is 19.6. The van der Waals surface area contributed by atoms with Gasteiger partial charge in [0.15, 0.2) is 5.65 Å². The first-order chi connectivity index (χ1) is 13.5. The van der Waals surface area contributed by atoms with E-state index in [0.717, 1.165) is 16.9 Å². The van der Waals surface area contributed by atoms with Crippen molar-refractivity contribution in [2.45, 2.75) is 31.7 Å². The van der Waals surface area contributed by atoms with Crippen molar-refractivity contribution in [3.8, 4) is 0 Å². The van der Waals surface area contributed by atoms with Crippen LogP contribution in [0.3, 0.4) is 0 Å². The minimum atomic E-state index is -0.554. The molecule has 5 rings (SSSR count). The van der Waals surface area contributed by atoms with Crippen LogP contribution in [0.4, 0.5) is 5.82 Å². The molecule has 0 saturated carbocycles. The molecule has 6 atom stereocenters. The number of ether oxygens (including phenoxy) is 1. The number of aliphatic hydroxyl groups is 1. The highest BCUT2D eigenvalue weighted by atomic mass is 16.5. The van der Waals surface area contributed by atoms with Crippen LogP contribution in [0.25, 0.3) is 11.0 Å². The summed E-state index contributed by atoms with van der Waals surface area (Å²) in [7, 11) is 3.69. The molecule has 3 aliphatic rings. The molecule has 5 heterocycles. The van der Waals surface area contributed by atoms with Crippen molar-refractivity contribution >= 4 is 22.8 Å². The Morgan fingerprint density at radius 1 is 1.36 bits per heavy atom. The second-order valence-electron chi connectivity index (χ2n) is 8.26. The minimum Gasteiger partial charge on any atom is -0.390 e. The van der Waals surface area contributed by atoms with Gasteiger partial charge in [0.1, 0.15) is 12.1 Å². The van der Waals surface area contributed by atoms with E-state index in [-0.39, 0.29) is 35.9 Å². The number of hydrogen-bond donors (Lipinski definition) is 1. The topological polar surface area (TPSA) is 96.6 Å². The maximum atomic E-state index is 12.9. The van der Waals surface area contributed by atoms with Crippen LogP contribution in [0.5, 0.6) is 0 Å². The molecular formula is C19H26N6O3. The summed E-state index contributed by atoms with van der Waals surface area (Å²) in [5.74, 6) is 0.968. The standard InChI is InChI=1S/C19H26N6O3/c1-4-23(2)19(27)10-5-14-15(26)12-7-25(8-13(12)16(10)28-14)18-11-6-22-24(3)17(11)20-9-21-18/h6,9-10,12-16,26H,4-5,7-8H2,1-3H3/t10?,12-,13+,14+,15+,16-/m1/s1. The molecule has 9 nitrogen and oxygen atoms in total. The van der Waals surface area contributed by atoms with Crippen LogP contribution < -0.4 is 4.90 Å². The summed E-state index contributed by atoms with van der Waals surface area (Å²) in [6.07, 6.45) is 3.01. The lowest BCUT2D eigenvalue weighted by Gasteiger charge is -2.36. The third-order valence-corrected chi connectivity index (χ3v) is 6.84. The molecule has 1 amide bonds. The Labute approximate surface area is 163 Å². The quantitative estimate of drug-likeness (QED) is 0.796. The number of aromatic nitrogens is 4. The zero-order valence-electron chi connectivity index (χ0n) is 16.4. The van der Waals surface area contributed by atoms with E-state index in [1.165, 1.54) is 0 Å². The van der Waals surface area contributed by atoms with Crippen LogP contribution in [0.2, 0.25) is 0 Å². The van der Waals surface area contributed by atoms with Crippen molar-refractivity contribution in [2.24, 2.45) is 24.8 Å². The van der Waals surface area contributed by atoms with Gasteiger partial charge >= 0.3 is 0 Å². The van der Waals surface area contributed by atoms with Crippen molar-refractivity contribution in [1.29, 1.82) is 0 Å². The van der Waals surface area contributed by atoms with Gasteiger partial charge in [-0.15, -0.1) is 0 Å². The molecule has 0 radical (unpaired) electrons. The molecule has 0 aliphatic carbocycles. The Kier molecular flexibility index (Phi) is 4.06. The average Bonchev–Trinajstić information content (AvgIpc) is 3.41. The first-order valence-electron chi connectivity index (χ1n) is 9.95. The smallest absolute Gasteiger partial charge is 0.228 e. The van der Waals surface area contributed by atoms with E-state index in [4.69, 9.17) is 4.74 Å². The van der Waals surface area contributed by atoms with Gasteiger partial charge in [0.2, 0.25) is 5.91 Å². The highest BCUT2D eigenvalue weighted by Gasteiger charge is 2.58. The van der Waals surface area contributed by atoms with Gasteiger partial charge in [-0.05, 0) is 13.3 Å². The van der Waals surface area contributed by atoms with Gasteiger partial charge in [0.05, 0.1) is 35.8 Å². The molecular weight excluding hydrogens is 360 g/mol. The molecule has 2 aromatic heterocycles. The third kappa shape index (κ3) is 2.45. The Morgan fingerprint density at radius 3 is 2.93 bits per heavy atom.